The fraction of sp³-hybridized carbons (Fsp3) is 0.412. The van der Waals surface area contributed by atoms with Crippen LogP contribution in [0.1, 0.15) is 36.3 Å². The highest BCUT2D eigenvalue weighted by molar-refractivity contribution is 9.10. The van der Waals surface area contributed by atoms with Crippen LogP contribution in [-0.4, -0.2) is 28.3 Å². The van der Waals surface area contributed by atoms with E-state index in [0.29, 0.717) is 18.0 Å². The molecule has 6 heteroatoms. The molecule has 1 atom stereocenters. The van der Waals surface area contributed by atoms with Crippen molar-refractivity contribution in [3.05, 3.63) is 46.2 Å². The summed E-state index contributed by atoms with van der Waals surface area (Å²) in [5.74, 6) is 0.356. The summed E-state index contributed by atoms with van der Waals surface area (Å²) in [6, 6.07) is 7.79. The van der Waals surface area contributed by atoms with Crippen molar-refractivity contribution in [2.75, 3.05) is 6.54 Å². The first-order valence-corrected chi connectivity index (χ1v) is 8.53. The van der Waals surface area contributed by atoms with Crippen molar-refractivity contribution >= 4 is 21.8 Å². The van der Waals surface area contributed by atoms with Gasteiger partial charge in [-0.25, -0.2) is 4.68 Å². The molecule has 0 aliphatic carbocycles. The monoisotopic (exact) mass is 378 g/mol. The Morgan fingerprint density at radius 2 is 2.17 bits per heavy atom. The molecule has 0 saturated carbocycles. The molecule has 1 heterocycles. The van der Waals surface area contributed by atoms with Gasteiger partial charge < -0.3 is 11.1 Å². The van der Waals surface area contributed by atoms with Crippen molar-refractivity contribution in [1.29, 1.82) is 0 Å². The van der Waals surface area contributed by atoms with Crippen LogP contribution >= 0.6 is 15.9 Å². The van der Waals surface area contributed by atoms with Gasteiger partial charge in [0.25, 0.3) is 5.91 Å². The van der Waals surface area contributed by atoms with Crippen LogP contribution in [0.25, 0.3) is 5.69 Å². The van der Waals surface area contributed by atoms with E-state index in [4.69, 9.17) is 5.73 Å². The van der Waals surface area contributed by atoms with E-state index < -0.39 is 0 Å². The predicted molar refractivity (Wildman–Crippen MR) is 95.8 cm³/mol. The van der Waals surface area contributed by atoms with Crippen molar-refractivity contribution in [2.24, 2.45) is 11.7 Å². The molecule has 2 aromatic rings. The Balaban J connectivity index is 2.20. The summed E-state index contributed by atoms with van der Waals surface area (Å²) in [5, 5.41) is 7.35. The number of aromatic nitrogens is 2. The third-order valence-electron chi connectivity index (χ3n) is 3.68. The first kappa shape index (κ1) is 17.7. The smallest absolute Gasteiger partial charge is 0.255 e. The van der Waals surface area contributed by atoms with Crippen LogP contribution in [-0.2, 0) is 0 Å². The lowest BCUT2D eigenvalue weighted by Gasteiger charge is -2.18. The van der Waals surface area contributed by atoms with Crippen LogP contribution in [0.3, 0.4) is 0 Å². The second kappa shape index (κ2) is 7.75. The van der Waals surface area contributed by atoms with Gasteiger partial charge in [0.2, 0.25) is 0 Å². The summed E-state index contributed by atoms with van der Waals surface area (Å²) in [4.78, 5) is 12.5. The first-order valence-electron chi connectivity index (χ1n) is 7.73. The van der Waals surface area contributed by atoms with Crippen LogP contribution in [0.4, 0.5) is 0 Å². The third kappa shape index (κ3) is 4.42. The molecule has 5 nitrogen and oxygen atoms in total. The summed E-state index contributed by atoms with van der Waals surface area (Å²) >= 11 is 3.45. The predicted octanol–water partition coefficient (Wildman–Crippen LogP) is 3.05. The second-order valence-corrected chi connectivity index (χ2v) is 6.99. The lowest BCUT2D eigenvalue weighted by Crippen LogP contribution is -2.41. The van der Waals surface area contributed by atoms with Gasteiger partial charge in [0.05, 0.1) is 23.1 Å². The van der Waals surface area contributed by atoms with E-state index in [-0.39, 0.29) is 11.9 Å². The summed E-state index contributed by atoms with van der Waals surface area (Å²) in [6.45, 7) is 6.56. The molecule has 3 N–H and O–H groups in total. The molecule has 0 saturated heterocycles. The molecular weight excluding hydrogens is 356 g/mol. The quantitative estimate of drug-likeness (QED) is 0.810. The number of nitrogens with two attached hydrogens (primary N) is 1. The highest BCUT2D eigenvalue weighted by Crippen LogP contribution is 2.18. The largest absolute Gasteiger partial charge is 0.348 e. The number of hydrogen-bond donors (Lipinski definition) is 2. The Hall–Kier alpha value is -1.66. The summed E-state index contributed by atoms with van der Waals surface area (Å²) in [5.41, 5.74) is 8.05. The molecular formula is C17H23BrN4O. The van der Waals surface area contributed by atoms with Gasteiger partial charge in [-0.05, 0) is 37.5 Å². The van der Waals surface area contributed by atoms with Crippen LogP contribution < -0.4 is 11.1 Å². The van der Waals surface area contributed by atoms with Crippen LogP contribution in [0.15, 0.2) is 34.9 Å². The van der Waals surface area contributed by atoms with E-state index in [9.17, 15) is 4.79 Å². The lowest BCUT2D eigenvalue weighted by atomic mass is 10.0. The SMILES string of the molecule is Cc1c(C(=O)NC(CN)CC(C)C)cnn1-c1cccc(Br)c1. The molecule has 2 rings (SSSR count). The topological polar surface area (TPSA) is 72.9 Å². The van der Waals surface area contributed by atoms with Gasteiger partial charge in [-0.1, -0.05) is 35.8 Å². The fourth-order valence-corrected chi connectivity index (χ4v) is 2.93. The van der Waals surface area contributed by atoms with Crippen LogP contribution in [0, 0.1) is 12.8 Å². The van der Waals surface area contributed by atoms with Crippen molar-refractivity contribution < 1.29 is 4.79 Å². The Morgan fingerprint density at radius 1 is 1.43 bits per heavy atom. The molecule has 1 aromatic heterocycles. The zero-order valence-corrected chi connectivity index (χ0v) is 15.3. The minimum Gasteiger partial charge on any atom is -0.348 e. The number of rotatable bonds is 6. The molecule has 124 valence electrons. The molecule has 23 heavy (non-hydrogen) atoms. The molecule has 1 amide bonds. The molecule has 0 bridgehead atoms. The zero-order chi connectivity index (χ0) is 17.0. The fourth-order valence-electron chi connectivity index (χ4n) is 2.55. The van der Waals surface area contributed by atoms with Crippen molar-refractivity contribution in [1.82, 2.24) is 15.1 Å². The molecule has 1 aromatic carbocycles. The average Bonchev–Trinajstić information content (AvgIpc) is 2.87. The standard InChI is InChI=1S/C17H23BrN4O/c1-11(2)7-14(9-19)21-17(23)16-10-20-22(12(16)3)15-6-4-5-13(18)8-15/h4-6,8,10-11,14H,7,9,19H2,1-3H3,(H,21,23). The zero-order valence-electron chi connectivity index (χ0n) is 13.7. The van der Waals surface area contributed by atoms with Crippen molar-refractivity contribution in [3.63, 3.8) is 0 Å². The van der Waals surface area contributed by atoms with E-state index in [0.717, 1.165) is 22.3 Å². The van der Waals surface area contributed by atoms with E-state index in [1.807, 2.05) is 31.2 Å². The molecule has 0 aliphatic rings. The Bertz CT molecular complexity index is 681. The molecule has 0 fully saturated rings. The number of halogens is 1. The van der Waals surface area contributed by atoms with E-state index >= 15 is 0 Å². The highest BCUT2D eigenvalue weighted by Gasteiger charge is 2.18. The number of nitrogens with one attached hydrogen (secondary N) is 1. The van der Waals surface area contributed by atoms with Gasteiger partial charge in [0.1, 0.15) is 0 Å². The van der Waals surface area contributed by atoms with Gasteiger partial charge in [0.15, 0.2) is 0 Å². The number of carbonyl (C=O) groups excluding carboxylic acids is 1. The van der Waals surface area contributed by atoms with Gasteiger partial charge in [-0.15, -0.1) is 0 Å². The number of nitrogens with zero attached hydrogens (tertiary/aromatic N) is 2. The molecule has 0 radical (unpaired) electrons. The molecule has 0 aliphatic heterocycles. The third-order valence-corrected chi connectivity index (χ3v) is 4.18. The molecule has 1 unspecified atom stereocenters. The van der Waals surface area contributed by atoms with Crippen LogP contribution in [0.5, 0.6) is 0 Å². The van der Waals surface area contributed by atoms with Crippen LogP contribution in [0.2, 0.25) is 0 Å². The van der Waals surface area contributed by atoms with E-state index in [1.54, 1.807) is 10.9 Å². The minimum atomic E-state index is -0.125. The lowest BCUT2D eigenvalue weighted by molar-refractivity contribution is 0.0933. The highest BCUT2D eigenvalue weighted by atomic mass is 79.9. The number of hydrogen-bond acceptors (Lipinski definition) is 3. The average molecular weight is 379 g/mol. The van der Waals surface area contributed by atoms with Crippen molar-refractivity contribution in [3.8, 4) is 5.69 Å². The number of carbonyl (C=O) groups is 1. The number of benzene rings is 1. The summed E-state index contributed by atoms with van der Waals surface area (Å²) in [7, 11) is 0. The Kier molecular flexibility index (Phi) is 5.96. The summed E-state index contributed by atoms with van der Waals surface area (Å²) < 4.78 is 2.73. The second-order valence-electron chi connectivity index (χ2n) is 6.07. The maximum Gasteiger partial charge on any atom is 0.255 e. The minimum absolute atomic E-state index is 0.0175. The first-order chi connectivity index (χ1) is 10.9. The van der Waals surface area contributed by atoms with Gasteiger partial charge in [-0.3, -0.25) is 4.79 Å². The van der Waals surface area contributed by atoms with E-state index in [1.165, 1.54) is 0 Å². The van der Waals surface area contributed by atoms with Crippen molar-refractivity contribution in [2.45, 2.75) is 33.2 Å². The number of amides is 1. The van der Waals surface area contributed by atoms with E-state index in [2.05, 4.69) is 40.2 Å². The van der Waals surface area contributed by atoms with Gasteiger partial charge in [-0.2, -0.15) is 5.10 Å². The Morgan fingerprint density at radius 3 is 2.78 bits per heavy atom. The molecule has 0 spiro atoms. The maximum atomic E-state index is 12.5. The van der Waals surface area contributed by atoms with Gasteiger partial charge in [0, 0.05) is 17.1 Å². The summed E-state index contributed by atoms with van der Waals surface area (Å²) in [6.07, 6.45) is 2.47. The Labute approximate surface area is 145 Å². The normalized spacial score (nSPS) is 12.4. The van der Waals surface area contributed by atoms with Gasteiger partial charge >= 0.3 is 0 Å². The maximum absolute atomic E-state index is 12.5.